The van der Waals surface area contributed by atoms with Gasteiger partial charge in [-0.1, -0.05) is 12.1 Å². The van der Waals surface area contributed by atoms with E-state index in [0.717, 1.165) is 5.56 Å². The molecule has 3 N–H and O–H groups in total. The molecule has 0 saturated carbocycles. The highest BCUT2D eigenvalue weighted by atomic mass is 16.2. The van der Waals surface area contributed by atoms with Crippen molar-refractivity contribution >= 4 is 17.5 Å². The molecule has 0 unspecified atom stereocenters. The van der Waals surface area contributed by atoms with Crippen LogP contribution in [0.15, 0.2) is 41.2 Å². The number of benzene rings is 1. The molecule has 8 nitrogen and oxygen atoms in total. The molecule has 0 saturated heterocycles. The highest BCUT2D eigenvalue weighted by molar-refractivity contribution is 5.92. The van der Waals surface area contributed by atoms with Crippen LogP contribution in [0, 0.1) is 11.3 Å². The van der Waals surface area contributed by atoms with E-state index in [9.17, 15) is 14.4 Å². The van der Waals surface area contributed by atoms with Gasteiger partial charge in [0.2, 0.25) is 5.91 Å². The number of hydrogen-bond donors (Lipinski definition) is 3. The van der Waals surface area contributed by atoms with Crippen molar-refractivity contribution in [2.24, 2.45) is 0 Å². The molecular formula is C15H13N5O3. The molecule has 1 aromatic heterocycles. The third-order valence-corrected chi connectivity index (χ3v) is 2.84. The normalized spacial score (nSPS) is 9.70. The minimum absolute atomic E-state index is 0.116. The van der Waals surface area contributed by atoms with E-state index in [2.05, 4.69) is 20.8 Å². The SMILES string of the molecule is N#CCC(=O)Nc1ccc(CNC(=O)c2ccc(=O)[nH]n2)cc1. The lowest BCUT2D eigenvalue weighted by Gasteiger charge is -2.06. The van der Waals surface area contributed by atoms with Gasteiger partial charge in [0.05, 0.1) is 6.07 Å². The molecule has 2 amide bonds. The quantitative estimate of drug-likeness (QED) is 0.743. The number of nitriles is 1. The van der Waals surface area contributed by atoms with Crippen molar-refractivity contribution in [1.29, 1.82) is 5.26 Å². The predicted octanol–water partition coefficient (Wildman–Crippen LogP) is 0.552. The molecule has 116 valence electrons. The van der Waals surface area contributed by atoms with Crippen LogP contribution in [0.2, 0.25) is 0 Å². The van der Waals surface area contributed by atoms with E-state index in [1.165, 1.54) is 12.1 Å². The van der Waals surface area contributed by atoms with Gasteiger partial charge >= 0.3 is 0 Å². The molecule has 23 heavy (non-hydrogen) atoms. The molecule has 1 heterocycles. The fraction of sp³-hybridized carbons (Fsp3) is 0.133. The first-order chi connectivity index (χ1) is 11.1. The van der Waals surface area contributed by atoms with E-state index in [1.54, 1.807) is 30.3 Å². The van der Waals surface area contributed by atoms with E-state index in [-0.39, 0.29) is 30.1 Å². The number of nitrogens with one attached hydrogen (secondary N) is 3. The van der Waals surface area contributed by atoms with Crippen molar-refractivity contribution in [2.75, 3.05) is 5.32 Å². The van der Waals surface area contributed by atoms with Crippen molar-refractivity contribution in [3.63, 3.8) is 0 Å². The van der Waals surface area contributed by atoms with Gasteiger partial charge in [-0.05, 0) is 23.8 Å². The topological polar surface area (TPSA) is 128 Å². The number of amides is 2. The molecule has 0 aliphatic carbocycles. The average molecular weight is 311 g/mol. The zero-order valence-electron chi connectivity index (χ0n) is 12.0. The monoisotopic (exact) mass is 311 g/mol. The smallest absolute Gasteiger partial charge is 0.271 e. The average Bonchev–Trinajstić information content (AvgIpc) is 2.55. The number of aromatic nitrogens is 2. The molecule has 0 atom stereocenters. The van der Waals surface area contributed by atoms with Crippen LogP contribution in [-0.2, 0) is 11.3 Å². The van der Waals surface area contributed by atoms with Crippen LogP contribution in [0.25, 0.3) is 0 Å². The van der Waals surface area contributed by atoms with Crippen molar-refractivity contribution in [2.45, 2.75) is 13.0 Å². The molecule has 0 aliphatic rings. The summed E-state index contributed by atoms with van der Waals surface area (Å²) in [7, 11) is 0. The first-order valence-electron chi connectivity index (χ1n) is 6.68. The molecule has 0 bridgehead atoms. The predicted molar refractivity (Wildman–Crippen MR) is 81.3 cm³/mol. The molecule has 0 fully saturated rings. The summed E-state index contributed by atoms with van der Waals surface area (Å²) in [6, 6.07) is 11.2. The van der Waals surface area contributed by atoms with Crippen LogP contribution in [-0.4, -0.2) is 22.0 Å². The van der Waals surface area contributed by atoms with Crippen LogP contribution < -0.4 is 16.2 Å². The minimum atomic E-state index is -0.410. The number of aromatic amines is 1. The lowest BCUT2D eigenvalue weighted by atomic mass is 10.2. The Labute approximate surface area is 131 Å². The van der Waals surface area contributed by atoms with Gasteiger partial charge in [-0.15, -0.1) is 0 Å². The van der Waals surface area contributed by atoms with Crippen LogP contribution in [0.4, 0.5) is 5.69 Å². The van der Waals surface area contributed by atoms with E-state index < -0.39 is 5.91 Å². The number of H-pyrrole nitrogens is 1. The zero-order chi connectivity index (χ0) is 16.7. The molecule has 1 aromatic carbocycles. The number of carbonyl (C=O) groups is 2. The van der Waals surface area contributed by atoms with Gasteiger partial charge in [0.15, 0.2) is 0 Å². The molecule has 0 radical (unpaired) electrons. The van der Waals surface area contributed by atoms with E-state index >= 15 is 0 Å². The highest BCUT2D eigenvalue weighted by Crippen LogP contribution is 2.10. The van der Waals surface area contributed by atoms with Crippen molar-refractivity contribution in [3.05, 3.63) is 58.0 Å². The summed E-state index contributed by atoms with van der Waals surface area (Å²) in [5, 5.41) is 19.5. The van der Waals surface area contributed by atoms with Crippen molar-refractivity contribution in [1.82, 2.24) is 15.5 Å². The third-order valence-electron chi connectivity index (χ3n) is 2.84. The Morgan fingerprint density at radius 3 is 2.52 bits per heavy atom. The molecule has 8 heteroatoms. The summed E-state index contributed by atoms with van der Waals surface area (Å²) in [6.45, 7) is 0.270. The summed E-state index contributed by atoms with van der Waals surface area (Å²) >= 11 is 0. The Morgan fingerprint density at radius 1 is 1.17 bits per heavy atom. The maximum atomic E-state index is 11.8. The summed E-state index contributed by atoms with van der Waals surface area (Å²) in [5.74, 6) is -0.787. The molecular weight excluding hydrogens is 298 g/mol. The van der Waals surface area contributed by atoms with Gasteiger partial charge < -0.3 is 10.6 Å². The summed E-state index contributed by atoms with van der Waals surface area (Å²) < 4.78 is 0. The standard InChI is InChI=1S/C15H13N5O3/c16-8-7-13(21)18-11-3-1-10(2-4-11)9-17-15(23)12-5-6-14(22)20-19-12/h1-6H,7,9H2,(H,17,23)(H,18,21)(H,20,22). The van der Waals surface area contributed by atoms with Gasteiger partial charge in [-0.3, -0.25) is 14.4 Å². The van der Waals surface area contributed by atoms with Gasteiger partial charge in [0.1, 0.15) is 12.1 Å². The van der Waals surface area contributed by atoms with Crippen LogP contribution in [0.5, 0.6) is 0 Å². The first-order valence-corrected chi connectivity index (χ1v) is 6.68. The lowest BCUT2D eigenvalue weighted by Crippen LogP contribution is -2.25. The highest BCUT2D eigenvalue weighted by Gasteiger charge is 2.07. The van der Waals surface area contributed by atoms with Crippen molar-refractivity contribution in [3.8, 4) is 6.07 Å². The molecule has 2 aromatic rings. The van der Waals surface area contributed by atoms with E-state index in [0.29, 0.717) is 5.69 Å². The Hall–Kier alpha value is -3.47. The molecule has 2 rings (SSSR count). The van der Waals surface area contributed by atoms with Gasteiger partial charge in [0.25, 0.3) is 11.5 Å². The first kappa shape index (κ1) is 15.9. The number of nitrogens with zero attached hydrogens (tertiary/aromatic N) is 2. The maximum absolute atomic E-state index is 11.8. The van der Waals surface area contributed by atoms with Crippen molar-refractivity contribution < 1.29 is 9.59 Å². The molecule has 0 spiro atoms. The lowest BCUT2D eigenvalue weighted by molar-refractivity contribution is -0.115. The molecule has 0 aliphatic heterocycles. The second-order valence-electron chi connectivity index (χ2n) is 4.57. The van der Waals surface area contributed by atoms with Crippen LogP contribution >= 0.6 is 0 Å². The van der Waals surface area contributed by atoms with Gasteiger partial charge in [-0.2, -0.15) is 10.4 Å². The number of carbonyl (C=O) groups excluding carboxylic acids is 2. The Bertz CT molecular complexity index is 785. The Kier molecular flexibility index (Phi) is 5.20. The largest absolute Gasteiger partial charge is 0.347 e. The number of hydrogen-bond acceptors (Lipinski definition) is 5. The Balaban J connectivity index is 1.90. The van der Waals surface area contributed by atoms with Gasteiger partial charge in [-0.25, -0.2) is 5.10 Å². The zero-order valence-corrected chi connectivity index (χ0v) is 12.0. The fourth-order valence-corrected chi connectivity index (χ4v) is 1.73. The number of rotatable bonds is 5. The van der Waals surface area contributed by atoms with Crippen LogP contribution in [0.1, 0.15) is 22.5 Å². The minimum Gasteiger partial charge on any atom is -0.347 e. The summed E-state index contributed by atoms with van der Waals surface area (Å²) in [4.78, 5) is 34.0. The number of anilines is 1. The van der Waals surface area contributed by atoms with E-state index in [4.69, 9.17) is 5.26 Å². The van der Waals surface area contributed by atoms with Crippen LogP contribution in [0.3, 0.4) is 0 Å². The second kappa shape index (κ2) is 7.51. The van der Waals surface area contributed by atoms with Gasteiger partial charge in [0, 0.05) is 18.3 Å². The third kappa shape index (κ3) is 4.78. The summed E-state index contributed by atoms with van der Waals surface area (Å²) in [6.07, 6.45) is -0.204. The summed E-state index contributed by atoms with van der Waals surface area (Å²) in [5.41, 5.74) is 1.13. The second-order valence-corrected chi connectivity index (χ2v) is 4.57. The maximum Gasteiger partial charge on any atom is 0.271 e. The Morgan fingerprint density at radius 2 is 1.91 bits per heavy atom. The van der Waals surface area contributed by atoms with E-state index in [1.807, 2.05) is 0 Å². The fourth-order valence-electron chi connectivity index (χ4n) is 1.73.